The van der Waals surface area contributed by atoms with E-state index < -0.39 is 17.5 Å². The van der Waals surface area contributed by atoms with Crippen LogP contribution in [-0.2, 0) is 12.8 Å². The largest absolute Gasteiger partial charge is 0.508 e. The lowest BCUT2D eigenvalue weighted by molar-refractivity contribution is -0.138. The Labute approximate surface area is 119 Å². The summed E-state index contributed by atoms with van der Waals surface area (Å²) in [4.78, 5) is 0. The molecule has 0 aliphatic carbocycles. The molecule has 0 saturated heterocycles. The van der Waals surface area contributed by atoms with Crippen molar-refractivity contribution in [1.29, 1.82) is 0 Å². The first-order valence-electron chi connectivity index (χ1n) is 6.06. The van der Waals surface area contributed by atoms with Gasteiger partial charge in [0.2, 0.25) is 0 Å². The van der Waals surface area contributed by atoms with E-state index in [1.807, 2.05) is 0 Å². The predicted molar refractivity (Wildman–Crippen MR) is 70.4 cm³/mol. The molecule has 2 aromatic rings. The van der Waals surface area contributed by atoms with Crippen molar-refractivity contribution >= 4 is 0 Å². The molecule has 0 fully saturated rings. The summed E-state index contributed by atoms with van der Waals surface area (Å²) in [5, 5.41) is 9.20. The summed E-state index contributed by atoms with van der Waals surface area (Å²) in [7, 11) is 1.49. The van der Waals surface area contributed by atoms with Gasteiger partial charge in [0.05, 0.1) is 12.7 Å². The number of halogens is 3. The number of phenolic OH excluding ortho intramolecular Hbond substituents is 1. The second-order valence-electron chi connectivity index (χ2n) is 4.31. The Balaban J connectivity index is 2.20. The van der Waals surface area contributed by atoms with Gasteiger partial charge < -0.3 is 14.6 Å². The zero-order valence-corrected chi connectivity index (χ0v) is 11.1. The molecular weight excluding hydrogens is 285 g/mol. The van der Waals surface area contributed by atoms with Gasteiger partial charge in [-0.3, -0.25) is 0 Å². The van der Waals surface area contributed by atoms with E-state index in [9.17, 15) is 18.3 Å². The summed E-state index contributed by atoms with van der Waals surface area (Å²) in [5.74, 6) is 0.511. The third-order valence-corrected chi connectivity index (χ3v) is 2.83. The smallest absolute Gasteiger partial charge is 0.416 e. The van der Waals surface area contributed by atoms with Crippen molar-refractivity contribution in [2.24, 2.45) is 0 Å². The molecule has 6 heteroatoms. The second kappa shape index (κ2) is 5.95. The van der Waals surface area contributed by atoms with Crippen molar-refractivity contribution in [2.45, 2.75) is 12.8 Å². The fourth-order valence-corrected chi connectivity index (χ4v) is 1.81. The molecule has 0 aliphatic rings. The number of hydrogen-bond donors (Lipinski definition) is 1. The molecule has 0 unspecified atom stereocenters. The van der Waals surface area contributed by atoms with Crippen molar-refractivity contribution < 1.29 is 27.8 Å². The van der Waals surface area contributed by atoms with Crippen molar-refractivity contribution in [3.8, 4) is 17.2 Å². The molecular formula is C15H13F3O3. The second-order valence-corrected chi connectivity index (χ2v) is 4.31. The zero-order chi connectivity index (χ0) is 15.5. The average Bonchev–Trinajstić information content (AvgIpc) is 2.45. The SMILES string of the molecule is COc1cccc(OCc2ccc(O)cc2C(F)(F)F)c1. The molecule has 0 aliphatic heterocycles. The summed E-state index contributed by atoms with van der Waals surface area (Å²) in [6.07, 6.45) is -4.55. The molecule has 2 rings (SSSR count). The van der Waals surface area contributed by atoms with Gasteiger partial charge in [-0.2, -0.15) is 13.2 Å². The first-order chi connectivity index (χ1) is 9.90. The average molecular weight is 298 g/mol. The van der Waals surface area contributed by atoms with Crippen LogP contribution in [0.1, 0.15) is 11.1 Å². The molecule has 0 atom stereocenters. The number of rotatable bonds is 4. The Morgan fingerprint density at radius 1 is 1.05 bits per heavy atom. The summed E-state index contributed by atoms with van der Waals surface area (Å²) in [5.41, 5.74) is -0.964. The highest BCUT2D eigenvalue weighted by Gasteiger charge is 2.33. The molecule has 112 valence electrons. The minimum absolute atomic E-state index is 0.0527. The molecule has 0 saturated carbocycles. The third kappa shape index (κ3) is 3.81. The Morgan fingerprint density at radius 2 is 1.76 bits per heavy atom. The van der Waals surface area contributed by atoms with E-state index in [1.165, 1.54) is 19.2 Å². The Bertz CT molecular complexity index is 624. The Hall–Kier alpha value is -2.37. The molecule has 21 heavy (non-hydrogen) atoms. The van der Waals surface area contributed by atoms with Gasteiger partial charge >= 0.3 is 6.18 Å². The van der Waals surface area contributed by atoms with Gasteiger partial charge in [-0.05, 0) is 24.3 Å². The molecule has 2 aromatic carbocycles. The van der Waals surface area contributed by atoms with Gasteiger partial charge in [0.25, 0.3) is 0 Å². The van der Waals surface area contributed by atoms with Crippen LogP contribution >= 0.6 is 0 Å². The van der Waals surface area contributed by atoms with Crippen molar-refractivity contribution in [3.05, 3.63) is 53.6 Å². The Morgan fingerprint density at radius 3 is 2.43 bits per heavy atom. The van der Waals surface area contributed by atoms with E-state index in [1.54, 1.807) is 24.3 Å². The highest BCUT2D eigenvalue weighted by molar-refractivity contribution is 5.37. The minimum atomic E-state index is -4.55. The fraction of sp³-hybridized carbons (Fsp3) is 0.200. The van der Waals surface area contributed by atoms with Gasteiger partial charge in [0.1, 0.15) is 23.9 Å². The number of benzene rings is 2. The highest BCUT2D eigenvalue weighted by Crippen LogP contribution is 2.34. The summed E-state index contributed by atoms with van der Waals surface area (Å²) in [6.45, 7) is -0.262. The van der Waals surface area contributed by atoms with Crippen LogP contribution in [0.4, 0.5) is 13.2 Å². The van der Waals surface area contributed by atoms with Gasteiger partial charge in [-0.25, -0.2) is 0 Å². The standard InChI is InChI=1S/C15H13F3O3/c1-20-12-3-2-4-13(8-12)21-9-10-5-6-11(19)7-14(10)15(16,17)18/h2-8,19H,9H2,1H3. The number of aromatic hydroxyl groups is 1. The molecule has 0 radical (unpaired) electrons. The van der Waals surface area contributed by atoms with Gasteiger partial charge in [-0.15, -0.1) is 0 Å². The lowest BCUT2D eigenvalue weighted by Crippen LogP contribution is -2.10. The van der Waals surface area contributed by atoms with Crippen molar-refractivity contribution in [2.75, 3.05) is 7.11 Å². The van der Waals surface area contributed by atoms with E-state index in [4.69, 9.17) is 9.47 Å². The minimum Gasteiger partial charge on any atom is -0.508 e. The molecule has 0 heterocycles. The molecule has 1 N–H and O–H groups in total. The van der Waals surface area contributed by atoms with Crippen LogP contribution in [-0.4, -0.2) is 12.2 Å². The topological polar surface area (TPSA) is 38.7 Å². The normalized spacial score (nSPS) is 11.2. The number of phenols is 1. The van der Waals surface area contributed by atoms with Crippen LogP contribution in [0.2, 0.25) is 0 Å². The van der Waals surface area contributed by atoms with E-state index in [0.717, 1.165) is 0 Å². The number of ether oxygens (including phenoxy) is 2. The monoisotopic (exact) mass is 298 g/mol. The Kier molecular flexibility index (Phi) is 4.26. The van der Waals surface area contributed by atoms with Crippen molar-refractivity contribution in [1.82, 2.24) is 0 Å². The summed E-state index contributed by atoms with van der Waals surface area (Å²) in [6, 6.07) is 9.65. The van der Waals surface area contributed by atoms with Crippen LogP contribution in [0.3, 0.4) is 0 Å². The predicted octanol–water partition coefficient (Wildman–Crippen LogP) is 4.00. The number of hydrogen-bond acceptors (Lipinski definition) is 3. The van der Waals surface area contributed by atoms with E-state index in [-0.39, 0.29) is 12.2 Å². The van der Waals surface area contributed by atoms with Crippen LogP contribution < -0.4 is 9.47 Å². The maximum atomic E-state index is 12.9. The first kappa shape index (κ1) is 15.0. The third-order valence-electron chi connectivity index (χ3n) is 2.83. The molecule has 0 spiro atoms. The maximum absolute atomic E-state index is 12.9. The van der Waals surface area contributed by atoms with Gasteiger partial charge in [0.15, 0.2) is 0 Å². The van der Waals surface area contributed by atoms with Gasteiger partial charge in [-0.1, -0.05) is 12.1 Å². The first-order valence-corrected chi connectivity index (χ1v) is 6.06. The van der Waals surface area contributed by atoms with Crippen LogP contribution in [0, 0.1) is 0 Å². The zero-order valence-electron chi connectivity index (χ0n) is 11.1. The number of methoxy groups -OCH3 is 1. The molecule has 3 nitrogen and oxygen atoms in total. The van der Waals surface area contributed by atoms with E-state index in [0.29, 0.717) is 17.6 Å². The van der Waals surface area contributed by atoms with E-state index in [2.05, 4.69) is 0 Å². The quantitative estimate of drug-likeness (QED) is 0.927. The van der Waals surface area contributed by atoms with Crippen LogP contribution in [0.15, 0.2) is 42.5 Å². The maximum Gasteiger partial charge on any atom is 0.416 e. The molecule has 0 amide bonds. The lowest BCUT2D eigenvalue weighted by atomic mass is 10.1. The van der Waals surface area contributed by atoms with Crippen LogP contribution in [0.5, 0.6) is 17.2 Å². The summed E-state index contributed by atoms with van der Waals surface area (Å²) >= 11 is 0. The van der Waals surface area contributed by atoms with Crippen LogP contribution in [0.25, 0.3) is 0 Å². The molecule has 0 aromatic heterocycles. The summed E-state index contributed by atoms with van der Waals surface area (Å²) < 4.78 is 49.0. The number of alkyl halides is 3. The van der Waals surface area contributed by atoms with Crippen molar-refractivity contribution in [3.63, 3.8) is 0 Å². The molecule has 0 bridgehead atoms. The fourth-order valence-electron chi connectivity index (χ4n) is 1.81. The lowest BCUT2D eigenvalue weighted by Gasteiger charge is -2.14. The highest BCUT2D eigenvalue weighted by atomic mass is 19.4. The van der Waals surface area contributed by atoms with E-state index >= 15 is 0 Å². The van der Waals surface area contributed by atoms with Gasteiger partial charge in [0, 0.05) is 11.6 Å².